The number of hydrogen-bond donors (Lipinski definition) is 1. The molecule has 16 heavy (non-hydrogen) atoms. The van der Waals surface area contributed by atoms with Gasteiger partial charge in [-0.1, -0.05) is 0 Å². The molecule has 4 heteroatoms. The van der Waals surface area contributed by atoms with Gasteiger partial charge < -0.3 is 10.1 Å². The summed E-state index contributed by atoms with van der Waals surface area (Å²) in [5.74, 6) is 0.962. The van der Waals surface area contributed by atoms with Gasteiger partial charge in [0.25, 0.3) is 0 Å². The van der Waals surface area contributed by atoms with Gasteiger partial charge >= 0.3 is 0 Å². The molecule has 1 fully saturated rings. The molecule has 3 rings (SSSR count). The minimum Gasteiger partial charge on any atom is -0.375 e. The molecule has 4 nitrogen and oxygen atoms in total. The molecule has 2 aliphatic heterocycles. The Bertz CT molecular complexity index is 375. The number of nitrogens with zero attached hydrogens (tertiary/aromatic N) is 2. The third-order valence-corrected chi connectivity index (χ3v) is 3.35. The normalized spacial score (nSPS) is 24.4. The summed E-state index contributed by atoms with van der Waals surface area (Å²) in [5.41, 5.74) is 2.35. The summed E-state index contributed by atoms with van der Waals surface area (Å²) < 4.78 is 5.42. The molecule has 0 spiro atoms. The van der Waals surface area contributed by atoms with E-state index in [1.807, 2.05) is 6.20 Å². The fraction of sp³-hybridized carbons (Fsp3) is 0.667. The molecular formula is C12H17N3O. The van der Waals surface area contributed by atoms with E-state index in [1.54, 1.807) is 0 Å². The van der Waals surface area contributed by atoms with E-state index < -0.39 is 0 Å². The molecule has 1 aromatic rings. The predicted octanol–water partition coefficient (Wildman–Crippen LogP) is 0.844. The highest BCUT2D eigenvalue weighted by Gasteiger charge is 2.17. The lowest BCUT2D eigenvalue weighted by molar-refractivity contribution is 0.107. The van der Waals surface area contributed by atoms with Gasteiger partial charge in [-0.2, -0.15) is 0 Å². The minimum absolute atomic E-state index is 0.572. The lowest BCUT2D eigenvalue weighted by Crippen LogP contribution is -2.25. The van der Waals surface area contributed by atoms with Gasteiger partial charge in [0.15, 0.2) is 0 Å². The van der Waals surface area contributed by atoms with Gasteiger partial charge in [0, 0.05) is 18.7 Å². The average molecular weight is 219 g/mol. The van der Waals surface area contributed by atoms with Crippen molar-refractivity contribution >= 4 is 0 Å². The van der Waals surface area contributed by atoms with Gasteiger partial charge in [0.05, 0.1) is 18.9 Å². The Morgan fingerprint density at radius 2 is 2.50 bits per heavy atom. The fourth-order valence-electron chi connectivity index (χ4n) is 2.42. The summed E-state index contributed by atoms with van der Waals surface area (Å²) in [6, 6.07) is 0.572. The molecule has 1 saturated heterocycles. The van der Waals surface area contributed by atoms with Crippen LogP contribution >= 0.6 is 0 Å². The summed E-state index contributed by atoms with van der Waals surface area (Å²) in [6.07, 6.45) is 6.41. The number of hydrogen-bond acceptors (Lipinski definition) is 4. The average Bonchev–Trinajstić information content (AvgIpc) is 2.82. The van der Waals surface area contributed by atoms with E-state index in [-0.39, 0.29) is 0 Å². The molecule has 86 valence electrons. The largest absolute Gasteiger partial charge is 0.375 e. The first-order chi connectivity index (χ1) is 7.92. The fourth-order valence-corrected chi connectivity index (χ4v) is 2.42. The molecular weight excluding hydrogens is 202 g/mol. The van der Waals surface area contributed by atoms with Crippen LogP contribution in [0.3, 0.4) is 0 Å². The Balaban J connectivity index is 1.74. The number of rotatable bonds is 2. The first kappa shape index (κ1) is 10.2. The van der Waals surface area contributed by atoms with Crippen molar-refractivity contribution in [3.8, 4) is 0 Å². The molecule has 1 atom stereocenters. The molecule has 2 aliphatic rings. The van der Waals surface area contributed by atoms with Crippen molar-refractivity contribution in [2.45, 2.75) is 38.3 Å². The molecule has 3 heterocycles. The Labute approximate surface area is 95.4 Å². The molecule has 1 N–H and O–H groups in total. The number of nitrogens with one attached hydrogen (secondary N) is 1. The maximum Gasteiger partial charge on any atom is 0.130 e. The van der Waals surface area contributed by atoms with E-state index in [1.165, 1.54) is 18.4 Å². The van der Waals surface area contributed by atoms with Gasteiger partial charge in [-0.15, -0.1) is 0 Å². The van der Waals surface area contributed by atoms with Gasteiger partial charge in [-0.3, -0.25) is 0 Å². The van der Waals surface area contributed by atoms with Crippen LogP contribution in [0, 0.1) is 0 Å². The first-order valence-corrected chi connectivity index (χ1v) is 6.06. The van der Waals surface area contributed by atoms with Crippen molar-refractivity contribution in [2.75, 3.05) is 13.2 Å². The van der Waals surface area contributed by atoms with Crippen LogP contribution in [0.1, 0.15) is 29.9 Å². The SMILES string of the molecule is c1nc(CC2CCCN2)nc2c1CCOC2. The standard InChI is InChI=1S/C12H17N3O/c1-2-10(13-4-1)6-12-14-7-9-3-5-16-8-11(9)15-12/h7,10,13H,1-6,8H2. The van der Waals surface area contributed by atoms with Crippen molar-refractivity contribution in [1.82, 2.24) is 15.3 Å². The maximum absolute atomic E-state index is 5.42. The molecule has 0 amide bonds. The van der Waals surface area contributed by atoms with E-state index in [4.69, 9.17) is 4.74 Å². The quantitative estimate of drug-likeness (QED) is 0.801. The summed E-state index contributed by atoms with van der Waals surface area (Å²) in [5, 5.41) is 3.47. The topological polar surface area (TPSA) is 47.0 Å². The number of aromatic nitrogens is 2. The molecule has 1 unspecified atom stereocenters. The molecule has 0 aromatic carbocycles. The number of ether oxygens (including phenoxy) is 1. The third-order valence-electron chi connectivity index (χ3n) is 3.35. The van der Waals surface area contributed by atoms with Crippen LogP contribution in [0.25, 0.3) is 0 Å². The zero-order chi connectivity index (χ0) is 10.8. The van der Waals surface area contributed by atoms with E-state index >= 15 is 0 Å². The van der Waals surface area contributed by atoms with Crippen LogP contribution in [-0.4, -0.2) is 29.2 Å². The lowest BCUT2D eigenvalue weighted by Gasteiger charge is -2.16. The summed E-state index contributed by atoms with van der Waals surface area (Å²) in [7, 11) is 0. The zero-order valence-electron chi connectivity index (χ0n) is 9.41. The Morgan fingerprint density at radius 1 is 1.50 bits per heavy atom. The molecule has 1 aromatic heterocycles. The second-order valence-electron chi connectivity index (χ2n) is 4.56. The van der Waals surface area contributed by atoms with Gasteiger partial charge in [-0.05, 0) is 31.4 Å². The highest BCUT2D eigenvalue weighted by molar-refractivity contribution is 5.19. The van der Waals surface area contributed by atoms with Crippen molar-refractivity contribution in [1.29, 1.82) is 0 Å². The molecule has 0 saturated carbocycles. The lowest BCUT2D eigenvalue weighted by atomic mass is 10.1. The van der Waals surface area contributed by atoms with Crippen LogP contribution in [0.15, 0.2) is 6.20 Å². The van der Waals surface area contributed by atoms with Crippen LogP contribution in [0.5, 0.6) is 0 Å². The van der Waals surface area contributed by atoms with Crippen molar-refractivity contribution < 1.29 is 4.74 Å². The van der Waals surface area contributed by atoms with Gasteiger partial charge in [-0.25, -0.2) is 9.97 Å². The van der Waals surface area contributed by atoms with Crippen LogP contribution < -0.4 is 5.32 Å². The number of fused-ring (bicyclic) bond motifs is 1. The molecule has 0 radical (unpaired) electrons. The minimum atomic E-state index is 0.572. The van der Waals surface area contributed by atoms with Crippen molar-refractivity contribution in [3.05, 3.63) is 23.3 Å². The molecule has 0 bridgehead atoms. The summed E-state index contributed by atoms with van der Waals surface area (Å²) >= 11 is 0. The molecule has 0 aliphatic carbocycles. The summed E-state index contributed by atoms with van der Waals surface area (Å²) in [4.78, 5) is 9.05. The maximum atomic E-state index is 5.42. The highest BCUT2D eigenvalue weighted by atomic mass is 16.5. The van der Waals surface area contributed by atoms with Crippen LogP contribution in [0.2, 0.25) is 0 Å². The van der Waals surface area contributed by atoms with E-state index in [0.29, 0.717) is 12.6 Å². The summed E-state index contributed by atoms with van der Waals surface area (Å²) in [6.45, 7) is 2.60. The Kier molecular flexibility index (Phi) is 2.84. The predicted molar refractivity (Wildman–Crippen MR) is 60.1 cm³/mol. The zero-order valence-corrected chi connectivity index (χ0v) is 9.41. The Hall–Kier alpha value is -1.00. The highest BCUT2D eigenvalue weighted by Crippen LogP contribution is 2.15. The van der Waals surface area contributed by atoms with E-state index in [2.05, 4.69) is 15.3 Å². The van der Waals surface area contributed by atoms with Gasteiger partial charge in [0.2, 0.25) is 0 Å². The van der Waals surface area contributed by atoms with Crippen LogP contribution in [0.4, 0.5) is 0 Å². The van der Waals surface area contributed by atoms with Crippen molar-refractivity contribution in [2.24, 2.45) is 0 Å². The van der Waals surface area contributed by atoms with Crippen molar-refractivity contribution in [3.63, 3.8) is 0 Å². The van der Waals surface area contributed by atoms with Gasteiger partial charge in [0.1, 0.15) is 5.82 Å². The monoisotopic (exact) mass is 219 g/mol. The van der Waals surface area contributed by atoms with E-state index in [0.717, 1.165) is 37.5 Å². The Morgan fingerprint density at radius 3 is 3.38 bits per heavy atom. The van der Waals surface area contributed by atoms with Crippen LogP contribution in [-0.2, 0) is 24.2 Å². The third kappa shape index (κ3) is 2.08. The smallest absolute Gasteiger partial charge is 0.130 e. The van der Waals surface area contributed by atoms with E-state index in [9.17, 15) is 0 Å². The second kappa shape index (κ2) is 4.47. The second-order valence-corrected chi connectivity index (χ2v) is 4.56. The first-order valence-electron chi connectivity index (χ1n) is 6.06.